The fourth-order valence-electron chi connectivity index (χ4n) is 3.34. The Kier molecular flexibility index (Phi) is 7.52. The normalized spacial score (nSPS) is 11.2. The zero-order valence-corrected chi connectivity index (χ0v) is 21.5. The Bertz CT molecular complexity index is 1550. The van der Waals surface area contributed by atoms with Crippen molar-refractivity contribution in [1.29, 1.82) is 0 Å². The number of pyridine rings is 1. The summed E-state index contributed by atoms with van der Waals surface area (Å²) in [6.45, 7) is 0. The Labute approximate surface area is 221 Å². The molecule has 2 aromatic carbocycles. The molecule has 4 aromatic rings. The summed E-state index contributed by atoms with van der Waals surface area (Å²) in [4.78, 5) is 18.0. The van der Waals surface area contributed by atoms with Crippen LogP contribution < -0.4 is 19.7 Å². The maximum Gasteiger partial charge on any atom is 0.327 e. The highest BCUT2D eigenvalue weighted by Gasteiger charge is 2.25. The summed E-state index contributed by atoms with van der Waals surface area (Å²) in [6.07, 6.45) is 2.29. The van der Waals surface area contributed by atoms with E-state index >= 15 is 0 Å². The largest absolute Gasteiger partial charge is 0.495 e. The first-order chi connectivity index (χ1) is 17.6. The summed E-state index contributed by atoms with van der Waals surface area (Å²) < 4.78 is 51.6. The molecule has 2 amide bonds. The van der Waals surface area contributed by atoms with E-state index < -0.39 is 21.9 Å². The number of nitrogens with one attached hydrogen (secondary N) is 2. The lowest BCUT2D eigenvalue weighted by molar-refractivity contribution is 0.250. The van der Waals surface area contributed by atoms with Crippen LogP contribution in [0.1, 0.15) is 0 Å². The van der Waals surface area contributed by atoms with E-state index in [0.717, 1.165) is 11.1 Å². The van der Waals surface area contributed by atoms with Crippen LogP contribution in [-0.2, 0) is 10.0 Å². The maximum atomic E-state index is 14.1. The number of hydrogen-bond acceptors (Lipinski definition) is 7. The second-order valence-electron chi connectivity index (χ2n) is 7.37. The van der Waals surface area contributed by atoms with Crippen LogP contribution in [0.2, 0.25) is 10.0 Å². The molecule has 0 spiro atoms. The van der Waals surface area contributed by atoms with E-state index in [1.165, 1.54) is 62.9 Å². The maximum absolute atomic E-state index is 14.1. The number of methoxy groups -OCH3 is 1. The van der Waals surface area contributed by atoms with Gasteiger partial charge in [-0.2, -0.15) is 0 Å². The van der Waals surface area contributed by atoms with E-state index in [1.807, 2.05) is 0 Å². The smallest absolute Gasteiger partial charge is 0.327 e. The van der Waals surface area contributed by atoms with Gasteiger partial charge in [0.25, 0.3) is 10.0 Å². The van der Waals surface area contributed by atoms with Crippen molar-refractivity contribution in [3.05, 3.63) is 76.9 Å². The summed E-state index contributed by atoms with van der Waals surface area (Å²) in [5.74, 6) is -0.345. The van der Waals surface area contributed by atoms with Crippen molar-refractivity contribution < 1.29 is 26.9 Å². The number of carbonyl (C=O) groups is 1. The van der Waals surface area contributed by atoms with Crippen molar-refractivity contribution in [3.63, 3.8) is 0 Å². The zero-order valence-electron chi connectivity index (χ0n) is 19.2. The first-order valence-corrected chi connectivity index (χ1v) is 12.6. The van der Waals surface area contributed by atoms with Crippen LogP contribution >= 0.6 is 23.2 Å². The average molecular weight is 566 g/mol. The molecule has 2 heterocycles. The Morgan fingerprint density at radius 3 is 2.49 bits per heavy atom. The predicted molar refractivity (Wildman–Crippen MR) is 137 cm³/mol. The first-order valence-electron chi connectivity index (χ1n) is 10.4. The van der Waals surface area contributed by atoms with Crippen LogP contribution in [0.15, 0.2) is 70.4 Å². The zero-order chi connectivity index (χ0) is 26.7. The number of halogens is 3. The van der Waals surface area contributed by atoms with Crippen LogP contribution in [0, 0.1) is 5.82 Å². The van der Waals surface area contributed by atoms with Gasteiger partial charge >= 0.3 is 6.03 Å². The summed E-state index contributed by atoms with van der Waals surface area (Å²) in [6, 6.07) is 10.5. The second-order valence-corrected chi connectivity index (χ2v) is 9.86. The second kappa shape index (κ2) is 10.6. The summed E-state index contributed by atoms with van der Waals surface area (Å²) in [7, 11) is -1.22. The molecule has 192 valence electrons. The number of hydrogen-bond donors (Lipinski definition) is 2. The van der Waals surface area contributed by atoms with Crippen LogP contribution in [0.4, 0.5) is 26.5 Å². The molecule has 0 saturated carbocycles. The summed E-state index contributed by atoms with van der Waals surface area (Å²) in [5.41, 5.74) is 1.08. The lowest BCUT2D eigenvalue weighted by Gasteiger charge is -2.24. The molecule has 2 N–H and O–H groups in total. The molecular formula is C23H18Cl2FN5O5S. The fraction of sp³-hybridized carbons (Fsp3) is 0.0870. The van der Waals surface area contributed by atoms with E-state index in [-0.39, 0.29) is 38.0 Å². The number of carbonyl (C=O) groups excluding carboxylic acids is 1. The number of ether oxygens (including phenoxy) is 1. The summed E-state index contributed by atoms with van der Waals surface area (Å²) >= 11 is 12.3. The topological polar surface area (TPSA) is 127 Å². The van der Waals surface area contributed by atoms with Gasteiger partial charge in [-0.3, -0.25) is 4.72 Å². The highest BCUT2D eigenvalue weighted by molar-refractivity contribution is 7.92. The highest BCUT2D eigenvalue weighted by Crippen LogP contribution is 2.41. The van der Waals surface area contributed by atoms with Crippen LogP contribution in [0.25, 0.3) is 11.1 Å². The third kappa shape index (κ3) is 5.45. The van der Waals surface area contributed by atoms with Crippen molar-refractivity contribution in [1.82, 2.24) is 15.5 Å². The number of nitrogens with zero attached hydrogens (tertiary/aromatic N) is 3. The van der Waals surface area contributed by atoms with Gasteiger partial charge < -0.3 is 14.6 Å². The van der Waals surface area contributed by atoms with Gasteiger partial charge in [-0.05, 0) is 42.0 Å². The molecule has 0 aliphatic heterocycles. The van der Waals surface area contributed by atoms with Crippen molar-refractivity contribution >= 4 is 56.6 Å². The molecule has 10 nitrogen and oxygen atoms in total. The van der Waals surface area contributed by atoms with Gasteiger partial charge in [0.15, 0.2) is 5.82 Å². The fourth-order valence-corrected chi connectivity index (χ4v) is 4.66. The lowest BCUT2D eigenvalue weighted by Crippen LogP contribution is -2.35. The van der Waals surface area contributed by atoms with Gasteiger partial charge in [0.05, 0.1) is 22.8 Å². The number of anilines is 3. The van der Waals surface area contributed by atoms with E-state index in [1.54, 1.807) is 6.07 Å². The highest BCUT2D eigenvalue weighted by atomic mass is 35.5. The van der Waals surface area contributed by atoms with E-state index in [0.29, 0.717) is 11.1 Å². The predicted octanol–water partition coefficient (Wildman–Crippen LogP) is 5.47. The van der Waals surface area contributed by atoms with Gasteiger partial charge in [-0.15, -0.1) is 0 Å². The molecule has 0 unspecified atom stereocenters. The molecule has 0 fully saturated rings. The van der Waals surface area contributed by atoms with Crippen LogP contribution in [0.5, 0.6) is 5.75 Å². The van der Waals surface area contributed by atoms with Crippen molar-refractivity contribution in [2.75, 3.05) is 23.8 Å². The lowest BCUT2D eigenvalue weighted by atomic mass is 10.0. The molecule has 2 aromatic heterocycles. The van der Waals surface area contributed by atoms with Crippen LogP contribution in [0.3, 0.4) is 0 Å². The van der Waals surface area contributed by atoms with E-state index in [2.05, 4.69) is 24.7 Å². The SMILES string of the molecule is CNC(=O)N(c1ccc(S(=O)(=O)Nc2ccon2)cn1)c1cc(Cl)c(-c2ccc(Cl)c(F)c2)cc1OC. The molecule has 0 radical (unpaired) electrons. The Morgan fingerprint density at radius 2 is 1.89 bits per heavy atom. The molecular weight excluding hydrogens is 548 g/mol. The molecule has 14 heteroatoms. The van der Waals surface area contributed by atoms with E-state index in [4.69, 9.17) is 27.9 Å². The molecule has 4 rings (SSSR count). The molecule has 0 aliphatic rings. The molecule has 0 saturated heterocycles. The standard InChI is InChI=1S/C23H18Cl2FN5O5S/c1-27-23(32)31(22-6-4-14(12-28-22)37(33,34)30-21-7-8-36-29-21)19-11-17(25)15(10-20(19)35-2)13-3-5-16(24)18(26)9-13/h3-12H,1-2H3,(H,27,32)(H,29,30). The van der Waals surface area contributed by atoms with Crippen molar-refractivity contribution in [2.45, 2.75) is 4.90 Å². The van der Waals surface area contributed by atoms with Crippen LogP contribution in [-0.4, -0.2) is 38.7 Å². The van der Waals surface area contributed by atoms with Gasteiger partial charge in [-0.1, -0.05) is 34.4 Å². The number of aromatic nitrogens is 2. The number of rotatable bonds is 7. The van der Waals surface area contributed by atoms with Crippen molar-refractivity contribution in [3.8, 4) is 16.9 Å². The number of sulfonamides is 1. The van der Waals surface area contributed by atoms with Gasteiger partial charge in [0, 0.05) is 24.9 Å². The molecule has 0 bridgehead atoms. The minimum atomic E-state index is -4.02. The number of amides is 2. The first kappa shape index (κ1) is 26.2. The average Bonchev–Trinajstić information content (AvgIpc) is 3.38. The minimum absolute atomic E-state index is 0.00361. The third-order valence-corrected chi connectivity index (χ3v) is 7.05. The Hall–Kier alpha value is -3.87. The Morgan fingerprint density at radius 1 is 1.11 bits per heavy atom. The number of benzene rings is 2. The van der Waals surface area contributed by atoms with Gasteiger partial charge in [0.1, 0.15) is 28.5 Å². The molecule has 0 aliphatic carbocycles. The number of urea groups is 1. The quantitative estimate of drug-likeness (QED) is 0.304. The third-order valence-electron chi connectivity index (χ3n) is 5.09. The Balaban J connectivity index is 1.75. The molecule has 37 heavy (non-hydrogen) atoms. The van der Waals surface area contributed by atoms with Gasteiger partial charge in [-0.25, -0.2) is 27.5 Å². The van der Waals surface area contributed by atoms with Gasteiger partial charge in [0.2, 0.25) is 0 Å². The van der Waals surface area contributed by atoms with Crippen molar-refractivity contribution in [2.24, 2.45) is 0 Å². The van der Waals surface area contributed by atoms with E-state index in [9.17, 15) is 17.6 Å². The monoisotopic (exact) mass is 565 g/mol. The minimum Gasteiger partial charge on any atom is -0.495 e. The molecule has 0 atom stereocenters. The summed E-state index contributed by atoms with van der Waals surface area (Å²) in [5, 5.41) is 6.16.